The molecule has 10 heavy (non-hydrogen) atoms. The quantitative estimate of drug-likeness (QED) is 0.515. The lowest BCUT2D eigenvalue weighted by Gasteiger charge is -2.49. The van der Waals surface area contributed by atoms with Gasteiger partial charge in [-0.3, -0.25) is 0 Å². The Kier molecular flexibility index (Phi) is 1.15. The fourth-order valence-corrected chi connectivity index (χ4v) is 2.66. The molecule has 1 aliphatic carbocycles. The molecule has 0 unspecified atom stereocenters. The molecule has 2 aliphatic rings. The van der Waals surface area contributed by atoms with Gasteiger partial charge in [0.15, 0.2) is 0 Å². The first kappa shape index (κ1) is 6.62. The van der Waals surface area contributed by atoms with Crippen molar-refractivity contribution in [3.63, 3.8) is 0 Å². The molecule has 0 bridgehead atoms. The van der Waals surface area contributed by atoms with Gasteiger partial charge >= 0.3 is 0 Å². The largest absolute Gasteiger partial charge is 0.390 e. The molecule has 0 aromatic carbocycles. The van der Waals surface area contributed by atoms with E-state index in [1.165, 1.54) is 6.42 Å². The zero-order valence-corrected chi connectivity index (χ0v) is 6.48. The highest BCUT2D eigenvalue weighted by atomic mass is 16.3. The number of hydrogen-bond donors (Lipinski definition) is 2. The lowest BCUT2D eigenvalue weighted by Crippen LogP contribution is -2.50. The zero-order chi connectivity index (χ0) is 7.24. The SMILES string of the molecule is CC1(O)CC2(CCNC2)C1. The van der Waals surface area contributed by atoms with E-state index in [1.807, 2.05) is 6.92 Å². The van der Waals surface area contributed by atoms with Gasteiger partial charge in [-0.25, -0.2) is 0 Å². The number of aliphatic hydroxyl groups is 1. The van der Waals surface area contributed by atoms with Gasteiger partial charge in [0.25, 0.3) is 0 Å². The molecule has 2 fully saturated rings. The van der Waals surface area contributed by atoms with E-state index in [0.717, 1.165) is 25.9 Å². The van der Waals surface area contributed by atoms with Crippen molar-refractivity contribution in [3.8, 4) is 0 Å². The minimum absolute atomic E-state index is 0.341. The van der Waals surface area contributed by atoms with Crippen LogP contribution in [0.4, 0.5) is 0 Å². The monoisotopic (exact) mass is 141 g/mol. The molecule has 1 saturated heterocycles. The first-order valence-corrected chi connectivity index (χ1v) is 4.05. The summed E-state index contributed by atoms with van der Waals surface area (Å²) in [4.78, 5) is 0. The van der Waals surface area contributed by atoms with Gasteiger partial charge in [-0.1, -0.05) is 0 Å². The smallest absolute Gasteiger partial charge is 0.0631 e. The molecule has 2 N–H and O–H groups in total. The second-order valence-electron chi connectivity index (χ2n) is 4.28. The highest BCUT2D eigenvalue weighted by Gasteiger charge is 2.51. The van der Waals surface area contributed by atoms with Crippen molar-refractivity contribution in [2.45, 2.75) is 31.8 Å². The van der Waals surface area contributed by atoms with Crippen LogP contribution in [0.15, 0.2) is 0 Å². The van der Waals surface area contributed by atoms with E-state index in [9.17, 15) is 5.11 Å². The third-order valence-electron chi connectivity index (χ3n) is 2.84. The lowest BCUT2D eigenvalue weighted by molar-refractivity contribution is -0.105. The van der Waals surface area contributed by atoms with Gasteiger partial charge in [-0.05, 0) is 38.1 Å². The van der Waals surface area contributed by atoms with E-state index < -0.39 is 0 Å². The Balaban J connectivity index is 1.98. The Labute approximate surface area is 61.6 Å². The van der Waals surface area contributed by atoms with Crippen LogP contribution >= 0.6 is 0 Å². The molecular weight excluding hydrogens is 126 g/mol. The minimum Gasteiger partial charge on any atom is -0.390 e. The van der Waals surface area contributed by atoms with E-state index in [-0.39, 0.29) is 5.60 Å². The van der Waals surface area contributed by atoms with E-state index in [2.05, 4.69) is 5.32 Å². The van der Waals surface area contributed by atoms with Crippen molar-refractivity contribution in [2.24, 2.45) is 5.41 Å². The molecular formula is C8H15NO. The van der Waals surface area contributed by atoms with Gasteiger partial charge < -0.3 is 10.4 Å². The third kappa shape index (κ3) is 0.867. The molecule has 1 heterocycles. The van der Waals surface area contributed by atoms with E-state index in [4.69, 9.17) is 0 Å². The molecule has 58 valence electrons. The summed E-state index contributed by atoms with van der Waals surface area (Å²) in [6.45, 7) is 4.22. The summed E-state index contributed by atoms with van der Waals surface area (Å²) in [5.74, 6) is 0. The van der Waals surface area contributed by atoms with Crippen LogP contribution in [0.2, 0.25) is 0 Å². The summed E-state index contributed by atoms with van der Waals surface area (Å²) in [5.41, 5.74) is 0.148. The van der Waals surface area contributed by atoms with Crippen LogP contribution in [0.25, 0.3) is 0 Å². The summed E-state index contributed by atoms with van der Waals surface area (Å²) >= 11 is 0. The van der Waals surface area contributed by atoms with Gasteiger partial charge in [0, 0.05) is 6.54 Å². The predicted molar refractivity (Wildman–Crippen MR) is 39.8 cm³/mol. The maximum Gasteiger partial charge on any atom is 0.0631 e. The number of rotatable bonds is 0. The highest BCUT2D eigenvalue weighted by Crippen LogP contribution is 2.51. The Morgan fingerprint density at radius 1 is 1.40 bits per heavy atom. The molecule has 2 heteroatoms. The fraction of sp³-hybridized carbons (Fsp3) is 1.00. The van der Waals surface area contributed by atoms with Crippen LogP contribution in [-0.4, -0.2) is 23.8 Å². The molecule has 0 aromatic rings. The molecule has 0 radical (unpaired) electrons. The van der Waals surface area contributed by atoms with Crippen LogP contribution in [0, 0.1) is 5.41 Å². The average Bonchev–Trinajstić information content (AvgIpc) is 2.10. The second kappa shape index (κ2) is 1.74. The maximum absolute atomic E-state index is 9.51. The number of nitrogens with one attached hydrogen (secondary N) is 1. The first-order valence-electron chi connectivity index (χ1n) is 4.05. The molecule has 2 rings (SSSR count). The first-order chi connectivity index (χ1) is 4.62. The van der Waals surface area contributed by atoms with Crippen LogP contribution < -0.4 is 5.32 Å². The van der Waals surface area contributed by atoms with Crippen LogP contribution in [0.1, 0.15) is 26.2 Å². The van der Waals surface area contributed by atoms with Gasteiger partial charge in [-0.2, -0.15) is 0 Å². The van der Waals surface area contributed by atoms with Crippen LogP contribution in [0.3, 0.4) is 0 Å². The van der Waals surface area contributed by atoms with E-state index in [1.54, 1.807) is 0 Å². The van der Waals surface area contributed by atoms with Crippen LogP contribution in [-0.2, 0) is 0 Å². The van der Waals surface area contributed by atoms with Gasteiger partial charge in [0.2, 0.25) is 0 Å². The summed E-state index contributed by atoms with van der Waals surface area (Å²) in [6, 6.07) is 0. The van der Waals surface area contributed by atoms with Crippen molar-refractivity contribution in [3.05, 3.63) is 0 Å². The van der Waals surface area contributed by atoms with Gasteiger partial charge in [0.1, 0.15) is 0 Å². The van der Waals surface area contributed by atoms with Crippen molar-refractivity contribution >= 4 is 0 Å². The van der Waals surface area contributed by atoms with Crippen LogP contribution in [0.5, 0.6) is 0 Å². The van der Waals surface area contributed by atoms with Gasteiger partial charge in [-0.15, -0.1) is 0 Å². The molecule has 2 nitrogen and oxygen atoms in total. The summed E-state index contributed by atoms with van der Waals surface area (Å²) in [6.07, 6.45) is 3.28. The summed E-state index contributed by atoms with van der Waals surface area (Å²) in [5, 5.41) is 12.9. The third-order valence-corrected chi connectivity index (χ3v) is 2.84. The van der Waals surface area contributed by atoms with Crippen molar-refractivity contribution in [1.82, 2.24) is 5.32 Å². The topological polar surface area (TPSA) is 32.3 Å². The van der Waals surface area contributed by atoms with Crippen molar-refractivity contribution in [1.29, 1.82) is 0 Å². The summed E-state index contributed by atoms with van der Waals surface area (Å²) < 4.78 is 0. The Morgan fingerprint density at radius 3 is 2.50 bits per heavy atom. The van der Waals surface area contributed by atoms with E-state index in [0.29, 0.717) is 5.41 Å². The van der Waals surface area contributed by atoms with Gasteiger partial charge in [0.05, 0.1) is 5.60 Å². The molecule has 1 aliphatic heterocycles. The molecule has 0 aromatic heterocycles. The number of hydrogen-bond acceptors (Lipinski definition) is 2. The Hall–Kier alpha value is -0.0800. The standard InChI is InChI=1S/C8H15NO/c1-7(10)4-8(5-7)2-3-9-6-8/h9-10H,2-6H2,1H3. The normalized spacial score (nSPS) is 53.4. The second-order valence-corrected chi connectivity index (χ2v) is 4.28. The highest BCUT2D eigenvalue weighted by molar-refractivity contribution is 5.05. The predicted octanol–water partition coefficient (Wildman–Crippen LogP) is 0.511. The fourth-order valence-electron chi connectivity index (χ4n) is 2.66. The van der Waals surface area contributed by atoms with Crippen molar-refractivity contribution < 1.29 is 5.11 Å². The summed E-state index contributed by atoms with van der Waals surface area (Å²) in [7, 11) is 0. The average molecular weight is 141 g/mol. The molecule has 1 saturated carbocycles. The van der Waals surface area contributed by atoms with E-state index >= 15 is 0 Å². The maximum atomic E-state index is 9.51. The molecule has 0 atom stereocenters. The lowest BCUT2D eigenvalue weighted by atomic mass is 9.59. The molecule has 0 amide bonds. The zero-order valence-electron chi connectivity index (χ0n) is 6.48. The Morgan fingerprint density at radius 2 is 2.10 bits per heavy atom. The van der Waals surface area contributed by atoms with Crippen molar-refractivity contribution in [2.75, 3.05) is 13.1 Å². The Bertz CT molecular complexity index is 137. The molecule has 1 spiro atoms. The minimum atomic E-state index is -0.341.